The molecule has 1 atom stereocenters. The number of ether oxygens (including phenoxy) is 1. The number of rotatable bonds is 3. The summed E-state index contributed by atoms with van der Waals surface area (Å²) in [5.74, 6) is 0. The predicted octanol–water partition coefficient (Wildman–Crippen LogP) is 0.884. The van der Waals surface area contributed by atoms with Gasteiger partial charge in [0.1, 0.15) is 12.4 Å². The van der Waals surface area contributed by atoms with Gasteiger partial charge >= 0.3 is 5.69 Å². The molecule has 0 N–H and O–H groups in total. The van der Waals surface area contributed by atoms with Crippen LogP contribution in [0.3, 0.4) is 0 Å². The van der Waals surface area contributed by atoms with Crippen LogP contribution in [-0.4, -0.2) is 21.3 Å². The Bertz CT molecular complexity index is 343. The highest BCUT2D eigenvalue weighted by molar-refractivity contribution is 5.21. The summed E-state index contributed by atoms with van der Waals surface area (Å²) in [6, 6.07) is 0. The Labute approximate surface area is 74.3 Å². The van der Waals surface area contributed by atoms with Crippen LogP contribution < -0.4 is 0 Å². The first-order valence-electron chi connectivity index (χ1n) is 4.01. The average molecular weight is 183 g/mol. The molecule has 6 heteroatoms. The Balaban J connectivity index is 2.28. The number of aromatic nitrogens is 2. The third-order valence-electron chi connectivity index (χ3n) is 2.23. The molecule has 1 aliphatic heterocycles. The summed E-state index contributed by atoms with van der Waals surface area (Å²) in [4.78, 5) is 9.90. The number of hydrogen-bond acceptors (Lipinski definition) is 4. The standard InChI is InChI=1S/C7H9N3O3/c1-2-7(5-13-7)9-4-6(3-8-9)10(11)12/h3-4H,2,5H2,1H3. The SMILES string of the molecule is CCC1(n2cc([N+](=O)[O-])cn2)CO1. The van der Waals surface area contributed by atoms with Crippen LogP contribution in [0, 0.1) is 10.1 Å². The zero-order valence-electron chi connectivity index (χ0n) is 7.14. The van der Waals surface area contributed by atoms with E-state index in [2.05, 4.69) is 5.10 Å². The first-order valence-corrected chi connectivity index (χ1v) is 4.01. The van der Waals surface area contributed by atoms with Gasteiger partial charge in [-0.25, -0.2) is 4.68 Å². The minimum Gasteiger partial charge on any atom is -0.346 e. The second-order valence-electron chi connectivity index (χ2n) is 2.99. The zero-order chi connectivity index (χ0) is 9.47. The van der Waals surface area contributed by atoms with Gasteiger partial charge in [0.2, 0.25) is 0 Å². The smallest absolute Gasteiger partial charge is 0.307 e. The Kier molecular flexibility index (Phi) is 1.59. The van der Waals surface area contributed by atoms with E-state index in [9.17, 15) is 10.1 Å². The van der Waals surface area contributed by atoms with E-state index in [-0.39, 0.29) is 5.69 Å². The quantitative estimate of drug-likeness (QED) is 0.396. The maximum Gasteiger partial charge on any atom is 0.307 e. The summed E-state index contributed by atoms with van der Waals surface area (Å²) in [7, 11) is 0. The highest BCUT2D eigenvalue weighted by Crippen LogP contribution is 2.36. The molecule has 1 unspecified atom stereocenters. The van der Waals surface area contributed by atoms with Crippen molar-refractivity contribution >= 4 is 5.69 Å². The highest BCUT2D eigenvalue weighted by Gasteiger charge is 2.46. The van der Waals surface area contributed by atoms with Crippen LogP contribution in [0.4, 0.5) is 5.69 Å². The first kappa shape index (κ1) is 8.18. The number of hydrogen-bond donors (Lipinski definition) is 0. The average Bonchev–Trinajstić information content (AvgIpc) is 2.75. The summed E-state index contributed by atoms with van der Waals surface area (Å²) < 4.78 is 6.72. The van der Waals surface area contributed by atoms with Gasteiger partial charge in [0.25, 0.3) is 0 Å². The Morgan fingerprint density at radius 3 is 3.00 bits per heavy atom. The molecule has 0 bridgehead atoms. The summed E-state index contributed by atoms with van der Waals surface area (Å²) in [6.45, 7) is 2.54. The third kappa shape index (κ3) is 1.19. The lowest BCUT2D eigenvalue weighted by Crippen LogP contribution is -2.17. The maximum absolute atomic E-state index is 10.4. The highest BCUT2D eigenvalue weighted by atomic mass is 16.6. The van der Waals surface area contributed by atoms with Crippen molar-refractivity contribution < 1.29 is 9.66 Å². The van der Waals surface area contributed by atoms with E-state index in [0.29, 0.717) is 6.61 Å². The largest absolute Gasteiger partial charge is 0.346 e. The molecule has 2 rings (SSSR count). The Morgan fingerprint density at radius 2 is 2.62 bits per heavy atom. The van der Waals surface area contributed by atoms with E-state index in [4.69, 9.17) is 4.74 Å². The Hall–Kier alpha value is -1.43. The van der Waals surface area contributed by atoms with Crippen LogP contribution in [0.5, 0.6) is 0 Å². The monoisotopic (exact) mass is 183 g/mol. The van der Waals surface area contributed by atoms with E-state index in [0.717, 1.165) is 6.42 Å². The number of nitrogens with zero attached hydrogens (tertiary/aromatic N) is 3. The van der Waals surface area contributed by atoms with Crippen molar-refractivity contribution in [2.75, 3.05) is 6.61 Å². The molecule has 1 saturated heterocycles. The van der Waals surface area contributed by atoms with Crippen LogP contribution in [0.25, 0.3) is 0 Å². The normalized spacial score (nSPS) is 25.9. The summed E-state index contributed by atoms with van der Waals surface area (Å²) in [5.41, 5.74) is -0.405. The molecule has 0 aliphatic carbocycles. The molecule has 1 fully saturated rings. The molecule has 1 aromatic rings. The van der Waals surface area contributed by atoms with Crippen molar-refractivity contribution in [3.05, 3.63) is 22.5 Å². The van der Waals surface area contributed by atoms with Gasteiger partial charge in [0, 0.05) is 0 Å². The molecule has 1 aromatic heterocycles. The summed E-state index contributed by atoms with van der Waals surface area (Å²) in [6.07, 6.45) is 3.40. The van der Waals surface area contributed by atoms with E-state index in [1.54, 1.807) is 0 Å². The fraction of sp³-hybridized carbons (Fsp3) is 0.571. The van der Waals surface area contributed by atoms with Gasteiger partial charge in [-0.1, -0.05) is 6.92 Å². The molecule has 0 aromatic carbocycles. The lowest BCUT2D eigenvalue weighted by Gasteiger charge is -2.07. The van der Waals surface area contributed by atoms with Crippen molar-refractivity contribution in [3.63, 3.8) is 0 Å². The lowest BCUT2D eigenvalue weighted by molar-refractivity contribution is -0.385. The van der Waals surface area contributed by atoms with Crippen molar-refractivity contribution in [1.29, 1.82) is 0 Å². The topological polar surface area (TPSA) is 73.5 Å². The van der Waals surface area contributed by atoms with Crippen LogP contribution >= 0.6 is 0 Å². The lowest BCUT2D eigenvalue weighted by atomic mass is 10.2. The van der Waals surface area contributed by atoms with Gasteiger partial charge in [-0.2, -0.15) is 5.10 Å². The van der Waals surface area contributed by atoms with E-state index in [1.165, 1.54) is 17.1 Å². The molecular formula is C7H9N3O3. The van der Waals surface area contributed by atoms with E-state index in [1.807, 2.05) is 6.92 Å². The molecule has 13 heavy (non-hydrogen) atoms. The van der Waals surface area contributed by atoms with Gasteiger partial charge in [-0.15, -0.1) is 0 Å². The zero-order valence-corrected chi connectivity index (χ0v) is 7.14. The van der Waals surface area contributed by atoms with Gasteiger partial charge in [-0.05, 0) is 6.42 Å². The molecule has 2 heterocycles. The first-order chi connectivity index (χ1) is 6.18. The van der Waals surface area contributed by atoms with Crippen LogP contribution in [0.1, 0.15) is 13.3 Å². The van der Waals surface area contributed by atoms with Gasteiger partial charge in [0.15, 0.2) is 5.72 Å². The van der Waals surface area contributed by atoms with Crippen LogP contribution in [0.2, 0.25) is 0 Å². The fourth-order valence-corrected chi connectivity index (χ4v) is 1.21. The third-order valence-corrected chi connectivity index (χ3v) is 2.23. The fourth-order valence-electron chi connectivity index (χ4n) is 1.21. The predicted molar refractivity (Wildman–Crippen MR) is 43.1 cm³/mol. The molecular weight excluding hydrogens is 174 g/mol. The molecule has 6 nitrogen and oxygen atoms in total. The number of epoxide rings is 1. The molecule has 0 amide bonds. The maximum atomic E-state index is 10.4. The van der Waals surface area contributed by atoms with Crippen LogP contribution in [-0.2, 0) is 10.5 Å². The summed E-state index contributed by atoms with van der Waals surface area (Å²) in [5, 5.41) is 14.3. The van der Waals surface area contributed by atoms with Gasteiger partial charge in [0.05, 0.1) is 11.5 Å². The molecule has 1 aliphatic rings. The van der Waals surface area contributed by atoms with E-state index >= 15 is 0 Å². The van der Waals surface area contributed by atoms with Crippen molar-refractivity contribution in [1.82, 2.24) is 9.78 Å². The number of nitro groups is 1. The second kappa shape index (κ2) is 2.53. The van der Waals surface area contributed by atoms with Crippen LogP contribution in [0.15, 0.2) is 12.4 Å². The molecule has 0 saturated carbocycles. The molecule has 0 spiro atoms. The van der Waals surface area contributed by atoms with Crippen molar-refractivity contribution in [3.8, 4) is 0 Å². The second-order valence-corrected chi connectivity index (χ2v) is 2.99. The van der Waals surface area contributed by atoms with Gasteiger partial charge in [-0.3, -0.25) is 10.1 Å². The summed E-state index contributed by atoms with van der Waals surface area (Å²) >= 11 is 0. The molecule has 0 radical (unpaired) electrons. The molecule has 70 valence electrons. The van der Waals surface area contributed by atoms with Crippen molar-refractivity contribution in [2.24, 2.45) is 0 Å². The Morgan fingerprint density at radius 1 is 1.92 bits per heavy atom. The minimum absolute atomic E-state index is 0.00308. The van der Waals surface area contributed by atoms with Crippen molar-refractivity contribution in [2.45, 2.75) is 19.1 Å². The van der Waals surface area contributed by atoms with Gasteiger partial charge < -0.3 is 4.74 Å². The van der Waals surface area contributed by atoms with E-state index < -0.39 is 10.6 Å². The minimum atomic E-state index is -0.463.